The van der Waals surface area contributed by atoms with E-state index in [-0.39, 0.29) is 41.2 Å². The van der Waals surface area contributed by atoms with Crippen LogP contribution in [0.1, 0.15) is 77.3 Å². The second kappa shape index (κ2) is 10.3. The van der Waals surface area contributed by atoms with Crippen LogP contribution in [0.15, 0.2) is 60.7 Å². The number of ether oxygens (including phenoxy) is 4. The first-order valence-electron chi connectivity index (χ1n) is 15.9. The Kier molecular flexibility index (Phi) is 6.97. The third-order valence-corrected chi connectivity index (χ3v) is 11.9. The Morgan fingerprint density at radius 1 is 0.756 bits per heavy atom. The van der Waals surface area contributed by atoms with Crippen molar-refractivity contribution < 1.29 is 23.7 Å². The van der Waals surface area contributed by atoms with Crippen molar-refractivity contribution in [3.63, 3.8) is 0 Å². The van der Waals surface area contributed by atoms with Gasteiger partial charge >= 0.3 is 0 Å². The highest BCUT2D eigenvalue weighted by Crippen LogP contribution is 2.68. The summed E-state index contributed by atoms with van der Waals surface area (Å²) < 4.78 is 27.3. The largest absolute Gasteiger partial charge is 0.373 e. The lowest BCUT2D eigenvalue weighted by molar-refractivity contribution is -0.241. The van der Waals surface area contributed by atoms with E-state index in [1.54, 1.807) is 0 Å². The van der Waals surface area contributed by atoms with E-state index in [1.165, 1.54) is 11.1 Å². The third kappa shape index (κ3) is 4.63. The van der Waals surface area contributed by atoms with Gasteiger partial charge in [0, 0.05) is 23.7 Å². The molecule has 0 amide bonds. The number of hydrogen-bond donors (Lipinski definition) is 0. The first-order valence-corrected chi connectivity index (χ1v) is 15.9. The lowest BCUT2D eigenvalue weighted by atomic mass is 9.43. The molecule has 5 fully saturated rings. The zero-order valence-electron chi connectivity index (χ0n) is 25.1. The Labute approximate surface area is 245 Å². The highest BCUT2D eigenvalue weighted by atomic mass is 16.8. The summed E-state index contributed by atoms with van der Waals surface area (Å²) in [6.45, 7) is 10.1. The molecule has 4 aliphatic carbocycles. The number of carbonyl (C=O) groups excluding carboxylic acids is 1. The maximum absolute atomic E-state index is 13.2. The molecule has 4 unspecified atom stereocenters. The maximum atomic E-state index is 13.2. The Morgan fingerprint density at radius 2 is 1.39 bits per heavy atom. The van der Waals surface area contributed by atoms with Gasteiger partial charge in [0.2, 0.25) is 0 Å². The number of rotatable bonds is 6. The fraction of sp³-hybridized carbons (Fsp3) is 0.639. The Balaban J connectivity index is 1.25. The van der Waals surface area contributed by atoms with E-state index in [9.17, 15) is 4.79 Å². The molecule has 1 heterocycles. The molecule has 2 aromatic rings. The van der Waals surface area contributed by atoms with Crippen LogP contribution < -0.4 is 0 Å². The van der Waals surface area contributed by atoms with Crippen molar-refractivity contribution >= 4 is 5.78 Å². The van der Waals surface area contributed by atoms with Crippen LogP contribution in [0.25, 0.3) is 0 Å². The zero-order chi connectivity index (χ0) is 28.4. The maximum Gasteiger partial charge on any atom is 0.163 e. The van der Waals surface area contributed by atoms with E-state index in [0.29, 0.717) is 43.2 Å². The van der Waals surface area contributed by atoms with E-state index in [1.807, 2.05) is 6.07 Å². The van der Waals surface area contributed by atoms with Gasteiger partial charge in [-0.25, -0.2) is 0 Å². The van der Waals surface area contributed by atoms with Crippen molar-refractivity contribution in [3.05, 3.63) is 71.8 Å². The minimum absolute atomic E-state index is 0.00578. The molecule has 5 heteroatoms. The summed E-state index contributed by atoms with van der Waals surface area (Å²) in [4.78, 5) is 13.2. The first-order chi connectivity index (χ1) is 19.7. The smallest absolute Gasteiger partial charge is 0.163 e. The average molecular weight is 559 g/mol. The minimum atomic E-state index is -0.639. The quantitative estimate of drug-likeness (QED) is 0.378. The fourth-order valence-electron chi connectivity index (χ4n) is 9.89. The van der Waals surface area contributed by atoms with Gasteiger partial charge in [0.15, 0.2) is 5.79 Å². The molecule has 0 radical (unpaired) electrons. The molecule has 0 spiro atoms. The van der Waals surface area contributed by atoms with E-state index >= 15 is 0 Å². The third-order valence-electron chi connectivity index (χ3n) is 11.9. The topological polar surface area (TPSA) is 54.0 Å². The molecule has 0 N–H and O–H groups in total. The van der Waals surface area contributed by atoms with Gasteiger partial charge in [-0.3, -0.25) is 4.79 Å². The molecule has 7 rings (SSSR count). The van der Waals surface area contributed by atoms with Crippen LogP contribution in [0.4, 0.5) is 0 Å². The molecule has 220 valence electrons. The Hall–Kier alpha value is -2.05. The van der Waals surface area contributed by atoms with Crippen molar-refractivity contribution in [2.24, 2.45) is 34.5 Å². The van der Waals surface area contributed by atoms with Gasteiger partial charge in [-0.1, -0.05) is 74.5 Å². The molecule has 2 aromatic carbocycles. The average Bonchev–Trinajstić information content (AvgIpc) is 3.46. The fourth-order valence-corrected chi connectivity index (χ4v) is 9.89. The van der Waals surface area contributed by atoms with E-state index < -0.39 is 5.79 Å². The van der Waals surface area contributed by atoms with E-state index in [0.717, 1.165) is 32.1 Å². The van der Waals surface area contributed by atoms with Crippen LogP contribution in [-0.2, 0) is 37.0 Å². The Morgan fingerprint density at radius 3 is 2.07 bits per heavy atom. The number of fused-ring (bicyclic) bond motifs is 8. The van der Waals surface area contributed by atoms with Gasteiger partial charge in [-0.2, -0.15) is 0 Å². The molecule has 4 saturated carbocycles. The van der Waals surface area contributed by atoms with Crippen molar-refractivity contribution in [2.45, 2.75) is 110 Å². The second-order valence-electron chi connectivity index (χ2n) is 14.4. The van der Waals surface area contributed by atoms with Crippen LogP contribution >= 0.6 is 0 Å². The summed E-state index contributed by atoms with van der Waals surface area (Å²) in [7, 11) is 0. The van der Waals surface area contributed by atoms with Gasteiger partial charge in [0.05, 0.1) is 37.6 Å². The second-order valence-corrected chi connectivity index (χ2v) is 14.4. The summed E-state index contributed by atoms with van der Waals surface area (Å²) in [6, 6.07) is 21.0. The number of ketones is 1. The van der Waals surface area contributed by atoms with Crippen LogP contribution in [0.5, 0.6) is 0 Å². The Bertz CT molecular complexity index is 1250. The lowest BCUT2D eigenvalue weighted by Crippen LogP contribution is -2.67. The number of benzene rings is 2. The summed E-state index contributed by atoms with van der Waals surface area (Å²) in [5.41, 5.74) is 2.07. The van der Waals surface area contributed by atoms with Crippen LogP contribution in [-0.4, -0.2) is 36.0 Å². The molecule has 0 bridgehead atoms. The molecule has 5 aliphatic rings. The molecule has 10 atom stereocenters. The molecular formula is C36H46O5. The molecular weight excluding hydrogens is 512 g/mol. The molecule has 1 aliphatic heterocycles. The predicted octanol–water partition coefficient (Wildman–Crippen LogP) is 7.12. The number of Topliss-reactive ketones (excluding diaryl/α,β-unsaturated/α-hetero) is 1. The summed E-state index contributed by atoms with van der Waals surface area (Å²) in [5.74, 6) is 1.15. The predicted molar refractivity (Wildman–Crippen MR) is 157 cm³/mol. The highest BCUT2D eigenvalue weighted by Gasteiger charge is 2.70. The molecule has 5 nitrogen and oxygen atoms in total. The van der Waals surface area contributed by atoms with Gasteiger partial charge in [0.1, 0.15) is 5.78 Å². The number of hydrogen-bond acceptors (Lipinski definition) is 5. The van der Waals surface area contributed by atoms with Crippen molar-refractivity contribution in [2.75, 3.05) is 0 Å². The monoisotopic (exact) mass is 558 g/mol. The van der Waals surface area contributed by atoms with Crippen molar-refractivity contribution in [3.8, 4) is 0 Å². The molecule has 1 saturated heterocycles. The van der Waals surface area contributed by atoms with Gasteiger partial charge in [-0.15, -0.1) is 0 Å². The van der Waals surface area contributed by atoms with E-state index in [2.05, 4.69) is 82.3 Å². The van der Waals surface area contributed by atoms with Crippen LogP contribution in [0.2, 0.25) is 0 Å². The first kappa shape index (κ1) is 27.8. The SMILES string of the molecule is CC1(C)O[C@@H]2C3C(CC[C@]4(C)C(=O)CCC34)[C@]3(C)C(C[C@H](OCc4ccccc4)C[C@@H]3OCc3ccccc3)[C@H]2O1. The summed E-state index contributed by atoms with van der Waals surface area (Å²) in [6.07, 6.45) is 5.61. The lowest BCUT2D eigenvalue weighted by Gasteiger charge is -2.64. The van der Waals surface area contributed by atoms with Gasteiger partial charge in [-0.05, 0) is 74.3 Å². The van der Waals surface area contributed by atoms with Crippen molar-refractivity contribution in [1.82, 2.24) is 0 Å². The molecule has 0 aromatic heterocycles. The van der Waals surface area contributed by atoms with Gasteiger partial charge in [0.25, 0.3) is 0 Å². The summed E-state index contributed by atoms with van der Waals surface area (Å²) in [5, 5.41) is 0. The summed E-state index contributed by atoms with van der Waals surface area (Å²) >= 11 is 0. The van der Waals surface area contributed by atoms with Crippen LogP contribution in [0.3, 0.4) is 0 Å². The normalized spacial score (nSPS) is 42.7. The van der Waals surface area contributed by atoms with Crippen molar-refractivity contribution in [1.29, 1.82) is 0 Å². The zero-order valence-corrected chi connectivity index (χ0v) is 25.1. The number of carbonyl (C=O) groups is 1. The van der Waals surface area contributed by atoms with Crippen LogP contribution in [0, 0.1) is 34.5 Å². The highest BCUT2D eigenvalue weighted by molar-refractivity contribution is 5.87. The van der Waals surface area contributed by atoms with E-state index in [4.69, 9.17) is 18.9 Å². The standard InChI is InChI=1S/C36H46O5/c1-34(2)40-32-28-19-25(38-21-23-11-7-5-8-12-23)20-30(39-22-24-13-9-6-10-14-24)36(28,4)27-17-18-35(3)26(15-16-29(35)37)31(27)33(32)41-34/h5-14,25-28,30-33H,15-22H2,1-4H3/t25-,26?,27?,28?,30-,31?,32+,33+,35-,36+/m0/s1. The minimum Gasteiger partial charge on any atom is -0.373 e. The van der Waals surface area contributed by atoms with Gasteiger partial charge < -0.3 is 18.9 Å². The molecule has 41 heavy (non-hydrogen) atoms.